The molecule has 0 saturated carbocycles. The number of thiophene rings is 1. The number of rotatable bonds is 6. The van der Waals surface area contributed by atoms with Crippen molar-refractivity contribution in [2.24, 2.45) is 5.10 Å². The fraction of sp³-hybridized carbons (Fsp3) is 0. The highest BCUT2D eigenvalue weighted by molar-refractivity contribution is 9.10. The Morgan fingerprint density at radius 3 is 2.45 bits per heavy atom. The van der Waals surface area contributed by atoms with Gasteiger partial charge in [0, 0.05) is 27.4 Å². The molecule has 1 heterocycles. The summed E-state index contributed by atoms with van der Waals surface area (Å²) in [5, 5.41) is 17.2. The second kappa shape index (κ2) is 9.22. The Labute approximate surface area is 177 Å². The van der Waals surface area contributed by atoms with Crippen LogP contribution in [0.15, 0.2) is 70.2 Å². The Morgan fingerprint density at radius 1 is 1.03 bits per heavy atom. The summed E-state index contributed by atoms with van der Waals surface area (Å²) in [7, 11) is 0. The Bertz CT molecular complexity index is 1110. The van der Waals surface area contributed by atoms with Crippen LogP contribution >= 0.6 is 27.3 Å². The van der Waals surface area contributed by atoms with Crippen LogP contribution in [0.5, 0.6) is 0 Å². The first-order valence-corrected chi connectivity index (χ1v) is 9.78. The van der Waals surface area contributed by atoms with Crippen LogP contribution in [0, 0.1) is 10.1 Å². The molecule has 0 atom stereocenters. The van der Waals surface area contributed by atoms with Gasteiger partial charge in [0.2, 0.25) is 0 Å². The fourth-order valence-electron chi connectivity index (χ4n) is 2.30. The summed E-state index contributed by atoms with van der Waals surface area (Å²) in [5.41, 5.74) is 3.59. The number of amides is 2. The van der Waals surface area contributed by atoms with E-state index in [-0.39, 0.29) is 10.9 Å². The van der Waals surface area contributed by atoms with Crippen LogP contribution in [0.3, 0.4) is 0 Å². The average Bonchev–Trinajstić information content (AvgIpc) is 3.17. The van der Waals surface area contributed by atoms with Crippen molar-refractivity contribution in [3.8, 4) is 0 Å². The Balaban J connectivity index is 1.63. The fourth-order valence-corrected chi connectivity index (χ4v) is 3.39. The first-order chi connectivity index (χ1) is 13.9. The maximum atomic E-state index is 12.3. The zero-order valence-electron chi connectivity index (χ0n) is 14.7. The maximum Gasteiger partial charge on any atom is 0.324 e. The molecule has 0 fully saturated rings. The lowest BCUT2D eigenvalue weighted by Crippen LogP contribution is -2.18. The summed E-state index contributed by atoms with van der Waals surface area (Å²) in [6, 6.07) is 16.3. The van der Waals surface area contributed by atoms with Gasteiger partial charge < -0.3 is 5.32 Å². The molecule has 29 heavy (non-hydrogen) atoms. The predicted molar refractivity (Wildman–Crippen MR) is 115 cm³/mol. The molecule has 0 radical (unpaired) electrons. The van der Waals surface area contributed by atoms with Crippen LogP contribution in [0.4, 0.5) is 10.7 Å². The summed E-state index contributed by atoms with van der Waals surface area (Å²) in [5.74, 6) is -0.785. The van der Waals surface area contributed by atoms with E-state index in [9.17, 15) is 19.7 Å². The van der Waals surface area contributed by atoms with Gasteiger partial charge in [0.1, 0.15) is 0 Å². The van der Waals surface area contributed by atoms with E-state index in [1.165, 1.54) is 24.4 Å². The molecule has 0 aliphatic rings. The average molecular weight is 473 g/mol. The molecular weight excluding hydrogens is 460 g/mol. The van der Waals surface area contributed by atoms with Gasteiger partial charge in [-0.1, -0.05) is 39.4 Å². The third-order valence-electron chi connectivity index (χ3n) is 3.62. The molecule has 3 aromatic rings. The van der Waals surface area contributed by atoms with Crippen molar-refractivity contribution in [1.82, 2.24) is 5.43 Å². The van der Waals surface area contributed by atoms with Gasteiger partial charge in [-0.2, -0.15) is 5.10 Å². The van der Waals surface area contributed by atoms with E-state index in [0.717, 1.165) is 15.8 Å². The van der Waals surface area contributed by atoms with Crippen LogP contribution < -0.4 is 10.7 Å². The number of nitrogens with one attached hydrogen (secondary N) is 2. The van der Waals surface area contributed by atoms with E-state index in [1.54, 1.807) is 36.4 Å². The maximum absolute atomic E-state index is 12.3. The number of nitrogens with zero attached hydrogens (tertiary/aromatic N) is 2. The van der Waals surface area contributed by atoms with E-state index in [4.69, 9.17) is 0 Å². The molecule has 0 aliphatic carbocycles. The molecule has 2 N–H and O–H groups in total. The van der Waals surface area contributed by atoms with Gasteiger partial charge in [-0.25, -0.2) is 5.43 Å². The van der Waals surface area contributed by atoms with Gasteiger partial charge in [0.05, 0.1) is 16.0 Å². The molecule has 0 unspecified atom stereocenters. The number of carbonyl (C=O) groups is 2. The number of benzene rings is 2. The van der Waals surface area contributed by atoms with E-state index < -0.39 is 10.8 Å². The minimum absolute atomic E-state index is 0.00772. The van der Waals surface area contributed by atoms with Gasteiger partial charge >= 0.3 is 5.00 Å². The number of nitro groups is 1. The van der Waals surface area contributed by atoms with Crippen molar-refractivity contribution < 1.29 is 14.5 Å². The van der Waals surface area contributed by atoms with Crippen molar-refractivity contribution in [3.63, 3.8) is 0 Å². The molecule has 0 bridgehead atoms. The van der Waals surface area contributed by atoms with Crippen molar-refractivity contribution in [3.05, 3.63) is 91.3 Å². The van der Waals surface area contributed by atoms with E-state index in [2.05, 4.69) is 31.8 Å². The lowest BCUT2D eigenvalue weighted by atomic mass is 10.1. The lowest BCUT2D eigenvalue weighted by Gasteiger charge is -2.07. The lowest BCUT2D eigenvalue weighted by molar-refractivity contribution is -0.380. The van der Waals surface area contributed by atoms with Crippen molar-refractivity contribution in [2.75, 3.05) is 5.32 Å². The van der Waals surface area contributed by atoms with Crippen LogP contribution in [-0.2, 0) is 0 Å². The molecule has 146 valence electrons. The minimum atomic E-state index is -0.492. The van der Waals surface area contributed by atoms with Crippen LogP contribution in [-0.4, -0.2) is 23.0 Å². The van der Waals surface area contributed by atoms with Crippen LogP contribution in [0.1, 0.15) is 25.6 Å². The molecule has 3 rings (SSSR count). The topological polar surface area (TPSA) is 114 Å². The third-order valence-corrected chi connectivity index (χ3v) is 5.08. The molecule has 2 aromatic carbocycles. The van der Waals surface area contributed by atoms with Gasteiger partial charge in [0.25, 0.3) is 11.8 Å². The van der Waals surface area contributed by atoms with Crippen LogP contribution in [0.25, 0.3) is 0 Å². The second-order valence-corrected chi connectivity index (χ2v) is 7.69. The molecule has 1 aromatic heterocycles. The highest BCUT2D eigenvalue weighted by Crippen LogP contribution is 2.22. The van der Waals surface area contributed by atoms with Gasteiger partial charge in [-0.3, -0.25) is 19.7 Å². The largest absolute Gasteiger partial charge is 0.324 e. The first kappa shape index (κ1) is 20.4. The number of halogens is 1. The highest BCUT2D eigenvalue weighted by atomic mass is 79.9. The molecule has 10 heteroatoms. The van der Waals surface area contributed by atoms with E-state index >= 15 is 0 Å². The minimum Gasteiger partial charge on any atom is -0.322 e. The predicted octanol–water partition coefficient (Wildman–Crippen LogP) is 4.44. The normalized spacial score (nSPS) is 10.7. The zero-order chi connectivity index (χ0) is 20.8. The summed E-state index contributed by atoms with van der Waals surface area (Å²) in [6.07, 6.45) is 1.33. The summed E-state index contributed by atoms with van der Waals surface area (Å²) >= 11 is 4.26. The molecule has 2 amide bonds. The third kappa shape index (κ3) is 5.56. The quantitative estimate of drug-likeness (QED) is 0.313. The van der Waals surface area contributed by atoms with Gasteiger partial charge in [-0.15, -0.1) is 0 Å². The van der Waals surface area contributed by atoms with Crippen molar-refractivity contribution in [1.29, 1.82) is 0 Å². The Hall–Kier alpha value is -3.37. The zero-order valence-corrected chi connectivity index (χ0v) is 17.1. The van der Waals surface area contributed by atoms with E-state index in [0.29, 0.717) is 21.7 Å². The number of anilines is 1. The second-order valence-electron chi connectivity index (χ2n) is 5.68. The highest BCUT2D eigenvalue weighted by Gasteiger charge is 2.10. The molecular formula is C19H13BrN4O4S. The smallest absolute Gasteiger partial charge is 0.322 e. The standard InChI is InChI=1S/C19H13BrN4O4S/c20-14-5-1-3-12(9-14)18(25)22-15-6-2-4-13(10-15)19(26)23-21-11-16-7-8-17(29-16)24(27)28/h1-11H,(H,22,25)(H,23,26). The number of hydrogen-bond donors (Lipinski definition) is 2. The molecule has 0 saturated heterocycles. The SMILES string of the molecule is O=C(NN=Cc1ccc([N+](=O)[O-])s1)c1cccc(NC(=O)c2cccc(Br)c2)c1. The van der Waals surface area contributed by atoms with Crippen molar-refractivity contribution >= 4 is 56.0 Å². The molecule has 0 aliphatic heterocycles. The first-order valence-electron chi connectivity index (χ1n) is 8.17. The number of carbonyl (C=O) groups excluding carboxylic acids is 2. The van der Waals surface area contributed by atoms with Gasteiger partial charge in [-0.05, 0) is 42.5 Å². The Kier molecular flexibility index (Phi) is 6.47. The Morgan fingerprint density at radius 2 is 1.76 bits per heavy atom. The number of hydrazone groups is 1. The molecule has 0 spiro atoms. The summed E-state index contributed by atoms with van der Waals surface area (Å²) < 4.78 is 0.784. The van der Waals surface area contributed by atoms with Crippen LogP contribution in [0.2, 0.25) is 0 Å². The van der Waals surface area contributed by atoms with Crippen molar-refractivity contribution in [2.45, 2.75) is 0 Å². The van der Waals surface area contributed by atoms with E-state index in [1.807, 2.05) is 6.07 Å². The number of hydrogen-bond acceptors (Lipinski definition) is 6. The monoisotopic (exact) mass is 472 g/mol. The summed E-state index contributed by atoms with van der Waals surface area (Å²) in [4.78, 5) is 35.3. The molecule has 8 nitrogen and oxygen atoms in total. The summed E-state index contributed by atoms with van der Waals surface area (Å²) in [6.45, 7) is 0. The van der Waals surface area contributed by atoms with Gasteiger partial charge in [0.15, 0.2) is 0 Å².